The highest BCUT2D eigenvalue weighted by Crippen LogP contribution is 1.93. The third-order valence-corrected chi connectivity index (χ3v) is 2.24. The standard InChI is InChI=1S/C14H24N2O3/c1-5-9-16(10-6-2)14(18)13(17)15-8-7-11-19-12(3)4/h5-6,12H,1-2,7-11H2,3-4H3,(H,15,17). The van der Waals surface area contributed by atoms with Crippen LogP contribution in [0.25, 0.3) is 0 Å². The van der Waals surface area contributed by atoms with Crippen LogP contribution in [-0.2, 0) is 14.3 Å². The first-order valence-electron chi connectivity index (χ1n) is 6.43. The van der Waals surface area contributed by atoms with Gasteiger partial charge in [0.1, 0.15) is 0 Å². The van der Waals surface area contributed by atoms with Crippen LogP contribution in [0.3, 0.4) is 0 Å². The monoisotopic (exact) mass is 268 g/mol. The van der Waals surface area contributed by atoms with Crippen molar-refractivity contribution < 1.29 is 14.3 Å². The maximum Gasteiger partial charge on any atom is 0.312 e. The van der Waals surface area contributed by atoms with Gasteiger partial charge in [0, 0.05) is 26.2 Å². The van der Waals surface area contributed by atoms with Crippen molar-refractivity contribution in [1.82, 2.24) is 10.2 Å². The highest BCUT2D eigenvalue weighted by molar-refractivity contribution is 6.35. The van der Waals surface area contributed by atoms with Gasteiger partial charge < -0.3 is 15.0 Å². The lowest BCUT2D eigenvalue weighted by Crippen LogP contribution is -2.43. The molecule has 0 aliphatic carbocycles. The van der Waals surface area contributed by atoms with Crippen molar-refractivity contribution in [3.05, 3.63) is 25.3 Å². The Morgan fingerprint density at radius 1 is 1.26 bits per heavy atom. The Labute approximate surface area is 115 Å². The minimum Gasteiger partial charge on any atom is -0.379 e. The predicted octanol–water partition coefficient (Wildman–Crippen LogP) is 1.12. The summed E-state index contributed by atoms with van der Waals surface area (Å²) < 4.78 is 5.34. The van der Waals surface area contributed by atoms with Crippen molar-refractivity contribution >= 4 is 11.8 Å². The Morgan fingerprint density at radius 2 is 1.84 bits per heavy atom. The topological polar surface area (TPSA) is 58.6 Å². The van der Waals surface area contributed by atoms with Gasteiger partial charge in [0.15, 0.2) is 0 Å². The Kier molecular flexibility index (Phi) is 9.44. The molecular formula is C14H24N2O3. The summed E-state index contributed by atoms with van der Waals surface area (Å²) in [7, 11) is 0. The van der Waals surface area contributed by atoms with Gasteiger partial charge in [-0.05, 0) is 20.3 Å². The Balaban J connectivity index is 4.00. The molecule has 0 aliphatic rings. The molecule has 108 valence electrons. The lowest BCUT2D eigenvalue weighted by Gasteiger charge is -2.18. The lowest BCUT2D eigenvalue weighted by molar-refractivity contribution is -0.145. The first-order chi connectivity index (χ1) is 9.02. The Morgan fingerprint density at radius 3 is 2.32 bits per heavy atom. The summed E-state index contributed by atoms with van der Waals surface area (Å²) in [6.45, 7) is 12.6. The molecule has 0 saturated heterocycles. The van der Waals surface area contributed by atoms with Crippen molar-refractivity contribution in [2.75, 3.05) is 26.2 Å². The molecule has 1 N–H and O–H groups in total. The number of nitrogens with one attached hydrogen (secondary N) is 1. The average molecular weight is 268 g/mol. The molecule has 0 fully saturated rings. The van der Waals surface area contributed by atoms with Gasteiger partial charge in [-0.3, -0.25) is 9.59 Å². The smallest absolute Gasteiger partial charge is 0.312 e. The van der Waals surface area contributed by atoms with Gasteiger partial charge in [0.2, 0.25) is 0 Å². The van der Waals surface area contributed by atoms with Crippen LogP contribution in [0.1, 0.15) is 20.3 Å². The summed E-state index contributed by atoms with van der Waals surface area (Å²) in [5.41, 5.74) is 0. The van der Waals surface area contributed by atoms with E-state index in [4.69, 9.17) is 4.74 Å². The number of carbonyl (C=O) groups excluding carboxylic acids is 2. The minimum atomic E-state index is -0.603. The fourth-order valence-corrected chi connectivity index (χ4v) is 1.36. The van der Waals surface area contributed by atoms with E-state index in [1.165, 1.54) is 4.90 Å². The van der Waals surface area contributed by atoms with Gasteiger partial charge >= 0.3 is 11.8 Å². The van der Waals surface area contributed by atoms with E-state index < -0.39 is 11.8 Å². The van der Waals surface area contributed by atoms with Crippen molar-refractivity contribution in [3.63, 3.8) is 0 Å². The van der Waals surface area contributed by atoms with E-state index in [1.54, 1.807) is 12.2 Å². The second kappa shape index (κ2) is 10.3. The first kappa shape index (κ1) is 17.4. The molecule has 0 bridgehead atoms. The highest BCUT2D eigenvalue weighted by atomic mass is 16.5. The lowest BCUT2D eigenvalue weighted by atomic mass is 10.3. The van der Waals surface area contributed by atoms with E-state index in [1.807, 2.05) is 13.8 Å². The number of hydrogen-bond acceptors (Lipinski definition) is 3. The highest BCUT2D eigenvalue weighted by Gasteiger charge is 2.19. The molecule has 0 aliphatic heterocycles. The number of rotatable bonds is 9. The summed E-state index contributed by atoms with van der Waals surface area (Å²) in [5.74, 6) is -1.17. The zero-order valence-electron chi connectivity index (χ0n) is 11.9. The largest absolute Gasteiger partial charge is 0.379 e. The van der Waals surface area contributed by atoms with Crippen molar-refractivity contribution in [1.29, 1.82) is 0 Å². The molecule has 0 radical (unpaired) electrons. The van der Waals surface area contributed by atoms with Crippen LogP contribution >= 0.6 is 0 Å². The number of hydrogen-bond donors (Lipinski definition) is 1. The Bertz CT molecular complexity index is 304. The van der Waals surface area contributed by atoms with Crippen LogP contribution in [0.15, 0.2) is 25.3 Å². The molecule has 0 aromatic rings. The molecule has 0 saturated carbocycles. The maximum atomic E-state index is 11.8. The van der Waals surface area contributed by atoms with E-state index in [9.17, 15) is 9.59 Å². The maximum absolute atomic E-state index is 11.8. The first-order valence-corrected chi connectivity index (χ1v) is 6.43. The van der Waals surface area contributed by atoms with E-state index in [0.717, 1.165) is 0 Å². The van der Waals surface area contributed by atoms with Crippen molar-refractivity contribution in [2.45, 2.75) is 26.4 Å². The molecule has 2 amide bonds. The quantitative estimate of drug-likeness (QED) is 0.387. The van der Waals surface area contributed by atoms with Crippen LogP contribution in [0.5, 0.6) is 0 Å². The van der Waals surface area contributed by atoms with Gasteiger partial charge in [-0.2, -0.15) is 0 Å². The van der Waals surface area contributed by atoms with E-state index in [-0.39, 0.29) is 6.10 Å². The number of amides is 2. The number of carbonyl (C=O) groups is 2. The predicted molar refractivity (Wildman–Crippen MR) is 75.7 cm³/mol. The molecular weight excluding hydrogens is 244 g/mol. The van der Waals surface area contributed by atoms with E-state index in [2.05, 4.69) is 18.5 Å². The number of nitrogens with zero attached hydrogens (tertiary/aromatic N) is 1. The summed E-state index contributed by atoms with van der Waals surface area (Å²) in [6, 6.07) is 0. The molecule has 0 unspecified atom stereocenters. The van der Waals surface area contributed by atoms with Gasteiger partial charge in [-0.15, -0.1) is 13.2 Å². The third-order valence-electron chi connectivity index (χ3n) is 2.24. The summed E-state index contributed by atoms with van der Waals surface area (Å²) in [5, 5.41) is 2.57. The molecule has 19 heavy (non-hydrogen) atoms. The summed E-state index contributed by atoms with van der Waals surface area (Å²) >= 11 is 0. The molecule has 0 atom stereocenters. The van der Waals surface area contributed by atoms with E-state index in [0.29, 0.717) is 32.7 Å². The molecule has 5 nitrogen and oxygen atoms in total. The second-order valence-corrected chi connectivity index (χ2v) is 4.32. The molecule has 0 rings (SSSR count). The molecule has 0 aromatic carbocycles. The van der Waals surface area contributed by atoms with Crippen LogP contribution in [0, 0.1) is 0 Å². The average Bonchev–Trinajstić information content (AvgIpc) is 2.36. The third kappa shape index (κ3) is 8.15. The summed E-state index contributed by atoms with van der Waals surface area (Å²) in [6.07, 6.45) is 4.00. The molecule has 0 aromatic heterocycles. The molecule has 5 heteroatoms. The second-order valence-electron chi connectivity index (χ2n) is 4.32. The van der Waals surface area contributed by atoms with Crippen LogP contribution in [0.4, 0.5) is 0 Å². The SMILES string of the molecule is C=CCN(CC=C)C(=O)C(=O)NCCCOC(C)C. The zero-order chi connectivity index (χ0) is 14.7. The zero-order valence-corrected chi connectivity index (χ0v) is 11.9. The van der Waals surface area contributed by atoms with Crippen molar-refractivity contribution in [2.24, 2.45) is 0 Å². The minimum absolute atomic E-state index is 0.174. The molecule has 0 heterocycles. The number of ether oxygens (including phenoxy) is 1. The van der Waals surface area contributed by atoms with Crippen LogP contribution in [0.2, 0.25) is 0 Å². The fourth-order valence-electron chi connectivity index (χ4n) is 1.36. The van der Waals surface area contributed by atoms with Gasteiger partial charge in [-0.1, -0.05) is 12.2 Å². The van der Waals surface area contributed by atoms with Crippen molar-refractivity contribution in [3.8, 4) is 0 Å². The fraction of sp³-hybridized carbons (Fsp3) is 0.571. The Hall–Kier alpha value is -1.62. The van der Waals surface area contributed by atoms with E-state index >= 15 is 0 Å². The molecule has 0 spiro atoms. The summed E-state index contributed by atoms with van der Waals surface area (Å²) in [4.78, 5) is 24.8. The van der Waals surface area contributed by atoms with Crippen LogP contribution in [-0.4, -0.2) is 49.1 Å². The van der Waals surface area contributed by atoms with Crippen LogP contribution < -0.4 is 5.32 Å². The normalized spacial score (nSPS) is 10.1. The van der Waals surface area contributed by atoms with Gasteiger partial charge in [0.05, 0.1) is 6.10 Å². The van der Waals surface area contributed by atoms with Gasteiger partial charge in [-0.25, -0.2) is 0 Å². The van der Waals surface area contributed by atoms with Gasteiger partial charge in [0.25, 0.3) is 0 Å².